The maximum atomic E-state index is 12.1. The van der Waals surface area contributed by atoms with E-state index in [-0.39, 0.29) is 18.7 Å². The second kappa shape index (κ2) is 11.0. The fraction of sp³-hybridized carbons (Fsp3) is 0.300. The van der Waals surface area contributed by atoms with Gasteiger partial charge in [0.05, 0.1) is 25.8 Å². The van der Waals surface area contributed by atoms with Gasteiger partial charge >= 0.3 is 5.97 Å². The number of carbonyl (C=O) groups is 2. The predicted molar refractivity (Wildman–Crippen MR) is 104 cm³/mol. The van der Waals surface area contributed by atoms with Crippen molar-refractivity contribution in [2.75, 3.05) is 33.5 Å². The van der Waals surface area contributed by atoms with Gasteiger partial charge in [-0.15, -0.1) is 0 Å². The summed E-state index contributed by atoms with van der Waals surface area (Å²) in [5.41, 5.74) is 0.263. The molecule has 0 unspecified atom stereocenters. The summed E-state index contributed by atoms with van der Waals surface area (Å²) in [5.74, 6) is 0.537. The van der Waals surface area contributed by atoms with Gasteiger partial charge in [-0.05, 0) is 49.4 Å². The molecule has 1 amide bonds. The molecule has 1 N–H and O–H groups in total. The number of hydrogen-bond donors (Lipinski definition) is 1. The molecule has 8 heteroatoms. The van der Waals surface area contributed by atoms with E-state index in [0.29, 0.717) is 28.9 Å². The Bertz CT molecular complexity index is 794. The number of carbonyl (C=O) groups excluding carboxylic acids is 2. The smallest absolute Gasteiger partial charge is 0.338 e. The van der Waals surface area contributed by atoms with E-state index in [4.69, 9.17) is 30.5 Å². The molecular weight excluding hydrogens is 386 g/mol. The van der Waals surface area contributed by atoms with Crippen molar-refractivity contribution in [2.24, 2.45) is 0 Å². The summed E-state index contributed by atoms with van der Waals surface area (Å²) in [4.78, 5) is 23.9. The fourth-order valence-electron chi connectivity index (χ4n) is 2.22. The minimum absolute atomic E-state index is 0.263. The molecule has 0 aliphatic carbocycles. The molecule has 2 rings (SSSR count). The third kappa shape index (κ3) is 6.66. The van der Waals surface area contributed by atoms with Crippen LogP contribution in [0.4, 0.5) is 0 Å². The van der Waals surface area contributed by atoms with Crippen molar-refractivity contribution in [2.45, 2.75) is 6.92 Å². The molecule has 2 aromatic carbocycles. The van der Waals surface area contributed by atoms with E-state index >= 15 is 0 Å². The van der Waals surface area contributed by atoms with Crippen LogP contribution in [0.5, 0.6) is 17.2 Å². The standard InChI is InChI=1S/C20H22ClNO6/c1-3-26-17-9-4-14(12-18(17)25-2)20(24)28-13-19(23)22-10-11-27-16-7-5-15(21)6-8-16/h4-9,12H,3,10-11,13H2,1-2H3,(H,22,23). The monoisotopic (exact) mass is 407 g/mol. The zero-order valence-electron chi connectivity index (χ0n) is 15.7. The Balaban J connectivity index is 1.73. The molecule has 0 aromatic heterocycles. The first kappa shape index (κ1) is 21.4. The van der Waals surface area contributed by atoms with E-state index in [1.165, 1.54) is 13.2 Å². The first-order chi connectivity index (χ1) is 13.5. The Labute approximate surface area is 168 Å². The molecule has 2 aromatic rings. The Morgan fingerprint density at radius 1 is 1.04 bits per heavy atom. The minimum atomic E-state index is -0.631. The second-order valence-corrected chi connectivity index (χ2v) is 5.96. The molecule has 0 fully saturated rings. The largest absolute Gasteiger partial charge is 0.493 e. The highest BCUT2D eigenvalue weighted by Crippen LogP contribution is 2.28. The molecule has 28 heavy (non-hydrogen) atoms. The summed E-state index contributed by atoms with van der Waals surface area (Å²) >= 11 is 5.79. The molecule has 0 heterocycles. The number of ether oxygens (including phenoxy) is 4. The predicted octanol–water partition coefficient (Wildman–Crippen LogP) is 3.10. The van der Waals surface area contributed by atoms with Gasteiger partial charge in [0.2, 0.25) is 0 Å². The van der Waals surface area contributed by atoms with Crippen LogP contribution in [-0.4, -0.2) is 45.4 Å². The van der Waals surface area contributed by atoms with Crippen molar-refractivity contribution < 1.29 is 28.5 Å². The van der Waals surface area contributed by atoms with Crippen molar-refractivity contribution in [3.63, 3.8) is 0 Å². The molecule has 0 bridgehead atoms. The molecule has 0 saturated carbocycles. The maximum absolute atomic E-state index is 12.1. The fourth-order valence-corrected chi connectivity index (χ4v) is 2.35. The minimum Gasteiger partial charge on any atom is -0.493 e. The molecule has 0 saturated heterocycles. The normalized spacial score (nSPS) is 10.1. The molecular formula is C20H22ClNO6. The first-order valence-corrected chi connectivity index (χ1v) is 9.04. The summed E-state index contributed by atoms with van der Waals surface area (Å²) in [7, 11) is 1.48. The van der Waals surface area contributed by atoms with Crippen LogP contribution in [0.2, 0.25) is 5.02 Å². The lowest BCUT2D eigenvalue weighted by Gasteiger charge is -2.11. The number of nitrogens with one attached hydrogen (secondary N) is 1. The highest BCUT2D eigenvalue weighted by molar-refractivity contribution is 6.30. The van der Waals surface area contributed by atoms with Gasteiger partial charge < -0.3 is 24.3 Å². The van der Waals surface area contributed by atoms with E-state index in [0.717, 1.165) is 0 Å². The van der Waals surface area contributed by atoms with Gasteiger partial charge in [-0.25, -0.2) is 4.79 Å². The van der Waals surface area contributed by atoms with E-state index in [2.05, 4.69) is 5.32 Å². The number of methoxy groups -OCH3 is 1. The van der Waals surface area contributed by atoms with Gasteiger partial charge in [0.15, 0.2) is 18.1 Å². The van der Waals surface area contributed by atoms with Crippen LogP contribution in [0.25, 0.3) is 0 Å². The number of halogens is 1. The molecule has 0 spiro atoms. The number of hydrogen-bond acceptors (Lipinski definition) is 6. The number of esters is 1. The Morgan fingerprint density at radius 2 is 1.79 bits per heavy atom. The number of benzene rings is 2. The van der Waals surface area contributed by atoms with Crippen molar-refractivity contribution in [3.05, 3.63) is 53.1 Å². The van der Waals surface area contributed by atoms with Crippen LogP contribution < -0.4 is 19.5 Å². The Kier molecular flexibility index (Phi) is 8.42. The lowest BCUT2D eigenvalue weighted by molar-refractivity contribution is -0.124. The van der Waals surface area contributed by atoms with Gasteiger partial charge in [-0.3, -0.25) is 4.79 Å². The van der Waals surface area contributed by atoms with Crippen molar-refractivity contribution >= 4 is 23.5 Å². The van der Waals surface area contributed by atoms with E-state index < -0.39 is 18.5 Å². The molecule has 0 aliphatic rings. The summed E-state index contributed by atoms with van der Waals surface area (Å²) < 4.78 is 21.1. The van der Waals surface area contributed by atoms with Crippen LogP contribution in [0.15, 0.2) is 42.5 Å². The van der Waals surface area contributed by atoms with Crippen LogP contribution >= 0.6 is 11.6 Å². The van der Waals surface area contributed by atoms with Gasteiger partial charge in [0.25, 0.3) is 5.91 Å². The van der Waals surface area contributed by atoms with Crippen molar-refractivity contribution in [1.82, 2.24) is 5.32 Å². The van der Waals surface area contributed by atoms with E-state index in [9.17, 15) is 9.59 Å². The van der Waals surface area contributed by atoms with Crippen molar-refractivity contribution in [3.8, 4) is 17.2 Å². The van der Waals surface area contributed by atoms with Crippen LogP contribution in [-0.2, 0) is 9.53 Å². The van der Waals surface area contributed by atoms with Gasteiger partial charge in [-0.1, -0.05) is 11.6 Å². The van der Waals surface area contributed by atoms with Crippen LogP contribution in [0.1, 0.15) is 17.3 Å². The summed E-state index contributed by atoms with van der Waals surface area (Å²) in [6, 6.07) is 11.6. The highest BCUT2D eigenvalue weighted by atomic mass is 35.5. The highest BCUT2D eigenvalue weighted by Gasteiger charge is 2.13. The number of rotatable bonds is 10. The number of amides is 1. The van der Waals surface area contributed by atoms with E-state index in [1.807, 2.05) is 6.92 Å². The molecule has 0 radical (unpaired) electrons. The first-order valence-electron chi connectivity index (χ1n) is 8.66. The zero-order chi connectivity index (χ0) is 20.4. The SMILES string of the molecule is CCOc1ccc(C(=O)OCC(=O)NCCOc2ccc(Cl)cc2)cc1OC. The topological polar surface area (TPSA) is 83.1 Å². The maximum Gasteiger partial charge on any atom is 0.338 e. The zero-order valence-corrected chi connectivity index (χ0v) is 16.5. The Morgan fingerprint density at radius 3 is 2.46 bits per heavy atom. The molecule has 0 atom stereocenters. The average molecular weight is 408 g/mol. The second-order valence-electron chi connectivity index (χ2n) is 5.53. The lowest BCUT2D eigenvalue weighted by atomic mass is 10.2. The van der Waals surface area contributed by atoms with Gasteiger partial charge in [0, 0.05) is 5.02 Å². The van der Waals surface area contributed by atoms with Gasteiger partial charge in [-0.2, -0.15) is 0 Å². The van der Waals surface area contributed by atoms with E-state index in [1.54, 1.807) is 36.4 Å². The average Bonchev–Trinajstić information content (AvgIpc) is 2.71. The lowest BCUT2D eigenvalue weighted by Crippen LogP contribution is -2.32. The summed E-state index contributed by atoms with van der Waals surface area (Å²) in [6.45, 7) is 2.48. The Hall–Kier alpha value is -2.93. The third-order valence-electron chi connectivity index (χ3n) is 3.54. The quantitative estimate of drug-likeness (QED) is 0.481. The summed E-state index contributed by atoms with van der Waals surface area (Å²) in [6.07, 6.45) is 0. The molecule has 7 nitrogen and oxygen atoms in total. The van der Waals surface area contributed by atoms with Crippen LogP contribution in [0, 0.1) is 0 Å². The molecule has 150 valence electrons. The molecule has 0 aliphatic heterocycles. The van der Waals surface area contributed by atoms with Crippen LogP contribution in [0.3, 0.4) is 0 Å². The van der Waals surface area contributed by atoms with Gasteiger partial charge in [0.1, 0.15) is 12.4 Å². The third-order valence-corrected chi connectivity index (χ3v) is 3.79. The summed E-state index contributed by atoms with van der Waals surface area (Å²) in [5, 5.41) is 3.23. The van der Waals surface area contributed by atoms with Crippen molar-refractivity contribution in [1.29, 1.82) is 0 Å².